The highest BCUT2D eigenvalue weighted by atomic mass is 32.1. The lowest BCUT2D eigenvalue weighted by Gasteiger charge is -2.07. The minimum Gasteiger partial charge on any atom is -0.349 e. The molecule has 3 aromatic rings. The van der Waals surface area contributed by atoms with E-state index in [2.05, 4.69) is 15.0 Å². The van der Waals surface area contributed by atoms with Crippen LogP contribution in [0.15, 0.2) is 48.5 Å². The molecule has 0 fully saturated rings. The Hall–Kier alpha value is -2.78. The number of carbonyl (C=O) groups excluding carboxylic acids is 2. The van der Waals surface area contributed by atoms with Crippen LogP contribution in [-0.2, 0) is 20.7 Å². The fraction of sp³-hybridized carbons (Fsp3) is 0.286. The van der Waals surface area contributed by atoms with Crippen molar-refractivity contribution in [3.63, 3.8) is 0 Å². The second kappa shape index (κ2) is 9.82. The third-order valence-corrected chi connectivity index (χ3v) is 5.22. The summed E-state index contributed by atoms with van der Waals surface area (Å²) in [6, 6.07) is 15.8. The molecule has 0 saturated carbocycles. The molecular weight excluding hydrogens is 417 g/mol. The summed E-state index contributed by atoms with van der Waals surface area (Å²) < 4.78 is 40.1. The number of halogens is 3. The summed E-state index contributed by atoms with van der Waals surface area (Å²) in [5.74, 6) is -0.719. The lowest BCUT2D eigenvalue weighted by Crippen LogP contribution is -2.30. The summed E-state index contributed by atoms with van der Waals surface area (Å²) in [5, 5.41) is 3.11. The number of hydrogen-bond donors (Lipinski definition) is 1. The van der Waals surface area contributed by atoms with Crippen LogP contribution in [0.1, 0.15) is 17.8 Å². The molecule has 158 valence electrons. The molecule has 9 heteroatoms. The first-order chi connectivity index (χ1) is 14.3. The van der Waals surface area contributed by atoms with E-state index in [0.29, 0.717) is 5.01 Å². The van der Waals surface area contributed by atoms with Gasteiger partial charge in [-0.3, -0.25) is 14.3 Å². The van der Waals surface area contributed by atoms with E-state index in [1.807, 2.05) is 48.5 Å². The van der Waals surface area contributed by atoms with E-state index in [9.17, 15) is 22.8 Å². The summed E-state index contributed by atoms with van der Waals surface area (Å²) in [7, 11) is 0. The first-order valence-electron chi connectivity index (χ1n) is 9.24. The average Bonchev–Trinajstić information content (AvgIpc) is 3.11. The molecule has 1 heterocycles. The maximum atomic E-state index is 12.1. The van der Waals surface area contributed by atoms with Crippen molar-refractivity contribution < 1.29 is 27.5 Å². The Kier molecular flexibility index (Phi) is 7.17. The Morgan fingerprint density at radius 2 is 1.83 bits per heavy atom. The molecule has 0 spiro atoms. The van der Waals surface area contributed by atoms with Crippen LogP contribution in [-0.4, -0.2) is 36.2 Å². The van der Waals surface area contributed by atoms with Crippen LogP contribution >= 0.6 is 11.3 Å². The van der Waals surface area contributed by atoms with Crippen LogP contribution in [0.25, 0.3) is 21.3 Å². The summed E-state index contributed by atoms with van der Waals surface area (Å²) in [4.78, 5) is 28.2. The third-order valence-electron chi connectivity index (χ3n) is 4.20. The highest BCUT2D eigenvalue weighted by molar-refractivity contribution is 7.18. The molecular formula is C21H19F3N2O3S. The van der Waals surface area contributed by atoms with E-state index in [1.54, 1.807) is 0 Å². The summed E-state index contributed by atoms with van der Waals surface area (Å²) in [6.45, 7) is -0.812. The van der Waals surface area contributed by atoms with Gasteiger partial charge in [0.05, 0.1) is 29.8 Å². The molecule has 0 aliphatic carbocycles. The largest absolute Gasteiger partial charge is 0.522 e. The van der Waals surface area contributed by atoms with Crippen LogP contribution in [0.3, 0.4) is 0 Å². The number of alkyl halides is 3. The summed E-state index contributed by atoms with van der Waals surface area (Å²) >= 11 is 1.41. The van der Waals surface area contributed by atoms with Gasteiger partial charge in [-0.2, -0.15) is 0 Å². The molecule has 0 radical (unpaired) electrons. The predicted molar refractivity (Wildman–Crippen MR) is 108 cm³/mol. The topological polar surface area (TPSA) is 68.3 Å². The van der Waals surface area contributed by atoms with Gasteiger partial charge in [0.1, 0.15) is 5.01 Å². The Morgan fingerprint density at radius 1 is 1.07 bits per heavy atom. The molecule has 0 aliphatic rings. The van der Waals surface area contributed by atoms with E-state index >= 15 is 0 Å². The average molecular weight is 436 g/mol. The van der Waals surface area contributed by atoms with Gasteiger partial charge in [-0.15, -0.1) is 24.5 Å². The van der Waals surface area contributed by atoms with Gasteiger partial charge < -0.3 is 5.32 Å². The van der Waals surface area contributed by atoms with E-state index in [0.717, 1.165) is 21.3 Å². The molecule has 0 aliphatic heterocycles. The van der Waals surface area contributed by atoms with Crippen molar-refractivity contribution in [1.29, 1.82) is 0 Å². The Balaban J connectivity index is 1.48. The van der Waals surface area contributed by atoms with Gasteiger partial charge in [0.15, 0.2) is 5.78 Å². The number of ether oxygens (including phenoxy) is 1. The van der Waals surface area contributed by atoms with E-state index in [4.69, 9.17) is 0 Å². The van der Waals surface area contributed by atoms with Crippen molar-refractivity contribution in [3.8, 4) is 11.1 Å². The third kappa shape index (κ3) is 6.64. The monoisotopic (exact) mass is 436 g/mol. The molecule has 0 atom stereocenters. The predicted octanol–water partition coefficient (Wildman–Crippen LogP) is 4.51. The SMILES string of the molecule is O=C(CCCOC(F)(F)F)CNC(=O)Cc1nc2ccc(-c3ccccc3)cc2s1. The molecule has 0 bridgehead atoms. The van der Waals surface area contributed by atoms with Crippen molar-refractivity contribution in [2.75, 3.05) is 13.2 Å². The number of ketones is 1. The molecule has 5 nitrogen and oxygen atoms in total. The smallest absolute Gasteiger partial charge is 0.349 e. The molecule has 1 aromatic heterocycles. The number of carbonyl (C=O) groups is 2. The zero-order chi connectivity index (χ0) is 21.6. The number of nitrogens with one attached hydrogen (secondary N) is 1. The normalized spacial score (nSPS) is 11.6. The van der Waals surface area contributed by atoms with Crippen molar-refractivity contribution in [2.45, 2.75) is 25.6 Å². The van der Waals surface area contributed by atoms with Crippen molar-refractivity contribution >= 4 is 33.2 Å². The Morgan fingerprint density at radius 3 is 2.57 bits per heavy atom. The lowest BCUT2D eigenvalue weighted by atomic mass is 10.1. The van der Waals surface area contributed by atoms with Crippen LogP contribution in [0.5, 0.6) is 0 Å². The van der Waals surface area contributed by atoms with Gasteiger partial charge in [0, 0.05) is 6.42 Å². The quantitative estimate of drug-likeness (QED) is 0.501. The molecule has 0 unspecified atom stereocenters. The minimum absolute atomic E-state index is 0.0322. The highest BCUT2D eigenvalue weighted by Gasteiger charge is 2.28. The van der Waals surface area contributed by atoms with Crippen LogP contribution in [0.4, 0.5) is 13.2 Å². The first-order valence-corrected chi connectivity index (χ1v) is 10.1. The molecule has 2 aromatic carbocycles. The standard InChI is InChI=1S/C21H19F3N2O3S/c22-21(23,24)29-10-4-7-16(27)13-25-19(28)12-20-26-17-9-8-15(11-18(17)30-20)14-5-2-1-3-6-14/h1-3,5-6,8-9,11H,4,7,10,12-13H2,(H,25,28). The second-order valence-electron chi connectivity index (χ2n) is 6.55. The van der Waals surface area contributed by atoms with Gasteiger partial charge in [-0.1, -0.05) is 36.4 Å². The van der Waals surface area contributed by atoms with Gasteiger partial charge in [0.25, 0.3) is 0 Å². The maximum Gasteiger partial charge on any atom is 0.522 e. The van der Waals surface area contributed by atoms with Crippen LogP contribution < -0.4 is 5.32 Å². The highest BCUT2D eigenvalue weighted by Crippen LogP contribution is 2.28. The van der Waals surface area contributed by atoms with E-state index in [-0.39, 0.29) is 37.5 Å². The fourth-order valence-corrected chi connectivity index (χ4v) is 3.81. The second-order valence-corrected chi connectivity index (χ2v) is 7.66. The number of fused-ring (bicyclic) bond motifs is 1. The zero-order valence-corrected chi connectivity index (χ0v) is 16.7. The lowest BCUT2D eigenvalue weighted by molar-refractivity contribution is -0.324. The number of aromatic nitrogens is 1. The van der Waals surface area contributed by atoms with Gasteiger partial charge >= 0.3 is 6.36 Å². The molecule has 30 heavy (non-hydrogen) atoms. The van der Waals surface area contributed by atoms with Gasteiger partial charge in [-0.05, 0) is 29.7 Å². The number of rotatable bonds is 9. The van der Waals surface area contributed by atoms with E-state index in [1.165, 1.54) is 11.3 Å². The number of amides is 1. The summed E-state index contributed by atoms with van der Waals surface area (Å²) in [5.41, 5.74) is 2.94. The number of nitrogens with zero attached hydrogens (tertiary/aromatic N) is 1. The van der Waals surface area contributed by atoms with Gasteiger partial charge in [0.2, 0.25) is 5.91 Å². The molecule has 1 N–H and O–H groups in total. The minimum atomic E-state index is -4.70. The van der Waals surface area contributed by atoms with E-state index < -0.39 is 13.0 Å². The van der Waals surface area contributed by atoms with Crippen molar-refractivity contribution in [3.05, 3.63) is 53.5 Å². The molecule has 1 amide bonds. The Bertz CT molecular complexity index is 1020. The molecule has 3 rings (SSSR count). The van der Waals surface area contributed by atoms with Gasteiger partial charge in [-0.25, -0.2) is 4.98 Å². The summed E-state index contributed by atoms with van der Waals surface area (Å²) in [6.07, 6.45) is -4.82. The number of benzene rings is 2. The number of thiazole rings is 1. The number of hydrogen-bond acceptors (Lipinski definition) is 5. The Labute approximate surface area is 174 Å². The van der Waals surface area contributed by atoms with Crippen molar-refractivity contribution in [1.82, 2.24) is 10.3 Å². The van der Waals surface area contributed by atoms with Crippen molar-refractivity contribution in [2.24, 2.45) is 0 Å². The van der Waals surface area contributed by atoms with Crippen LogP contribution in [0.2, 0.25) is 0 Å². The van der Waals surface area contributed by atoms with Crippen LogP contribution in [0, 0.1) is 0 Å². The maximum absolute atomic E-state index is 12.1. The molecule has 0 saturated heterocycles. The number of Topliss-reactive ketones (excluding diaryl/α,β-unsaturated/α-hetero) is 1. The first kappa shape index (κ1) is 21.9. The zero-order valence-electron chi connectivity index (χ0n) is 15.9. The fourth-order valence-electron chi connectivity index (χ4n) is 2.80.